The van der Waals surface area contributed by atoms with E-state index in [1.54, 1.807) is 18.3 Å². The molecule has 2 aromatic rings. The fourth-order valence-electron chi connectivity index (χ4n) is 1.81. The van der Waals surface area contributed by atoms with Gasteiger partial charge >= 0.3 is 0 Å². The molecular formula is C14H17N3O2S. The molecule has 1 heterocycles. The van der Waals surface area contributed by atoms with E-state index < -0.39 is 9.84 Å². The van der Waals surface area contributed by atoms with Crippen molar-refractivity contribution in [2.24, 2.45) is 0 Å². The van der Waals surface area contributed by atoms with Gasteiger partial charge in [-0.25, -0.2) is 8.42 Å². The lowest BCUT2D eigenvalue weighted by molar-refractivity contribution is 0.563. The molecule has 0 fully saturated rings. The van der Waals surface area contributed by atoms with E-state index in [-0.39, 0.29) is 6.04 Å². The molecule has 0 aliphatic heterocycles. The average Bonchev–Trinajstić information content (AvgIpc) is 2.45. The summed E-state index contributed by atoms with van der Waals surface area (Å²) < 4.78 is 22.8. The third kappa shape index (κ3) is 3.85. The number of hydrogen-bond donors (Lipinski definition) is 1. The zero-order valence-electron chi connectivity index (χ0n) is 11.4. The topological polar surface area (TPSA) is 72.0 Å². The fourth-order valence-corrected chi connectivity index (χ4v) is 2.44. The molecule has 6 heteroatoms. The zero-order valence-corrected chi connectivity index (χ0v) is 12.3. The Balaban J connectivity index is 2.01. The number of nitrogens with zero attached hydrogens (tertiary/aromatic N) is 2. The Bertz CT molecular complexity index is 655. The van der Waals surface area contributed by atoms with Crippen LogP contribution < -0.4 is 5.32 Å². The number of aromatic nitrogens is 2. The molecule has 0 amide bonds. The summed E-state index contributed by atoms with van der Waals surface area (Å²) in [6.07, 6.45) is 2.84. The maximum absolute atomic E-state index is 11.4. The summed E-state index contributed by atoms with van der Waals surface area (Å²) in [6.45, 7) is 2.63. The van der Waals surface area contributed by atoms with Crippen molar-refractivity contribution in [3.05, 3.63) is 53.9 Å². The SMILES string of the molecule is CC(NCc1cccnn1)c1ccc(S(C)(=O)=O)cc1. The van der Waals surface area contributed by atoms with E-state index in [0.717, 1.165) is 11.3 Å². The first-order valence-corrected chi connectivity index (χ1v) is 8.16. The van der Waals surface area contributed by atoms with Crippen LogP contribution in [-0.2, 0) is 16.4 Å². The maximum Gasteiger partial charge on any atom is 0.175 e. The summed E-state index contributed by atoms with van der Waals surface area (Å²) >= 11 is 0. The lowest BCUT2D eigenvalue weighted by Crippen LogP contribution is -2.19. The van der Waals surface area contributed by atoms with Crippen LogP contribution in [0.5, 0.6) is 0 Å². The van der Waals surface area contributed by atoms with Crippen molar-refractivity contribution < 1.29 is 8.42 Å². The van der Waals surface area contributed by atoms with Crippen molar-refractivity contribution in [3.8, 4) is 0 Å². The van der Waals surface area contributed by atoms with Crippen molar-refractivity contribution >= 4 is 9.84 Å². The van der Waals surface area contributed by atoms with E-state index in [1.807, 2.05) is 31.2 Å². The van der Waals surface area contributed by atoms with Crippen molar-refractivity contribution in [2.75, 3.05) is 6.26 Å². The second-order valence-corrected chi connectivity index (χ2v) is 6.67. The lowest BCUT2D eigenvalue weighted by atomic mass is 10.1. The minimum Gasteiger partial charge on any atom is -0.304 e. The molecule has 0 spiro atoms. The second-order valence-electron chi connectivity index (χ2n) is 4.66. The molecule has 1 unspecified atom stereocenters. The molecule has 0 radical (unpaired) electrons. The van der Waals surface area contributed by atoms with E-state index >= 15 is 0 Å². The Morgan fingerprint density at radius 2 is 1.90 bits per heavy atom. The van der Waals surface area contributed by atoms with Gasteiger partial charge in [-0.05, 0) is 36.8 Å². The molecule has 1 aromatic heterocycles. The summed E-state index contributed by atoms with van der Waals surface area (Å²) in [5.41, 5.74) is 1.90. The van der Waals surface area contributed by atoms with Crippen LogP contribution >= 0.6 is 0 Å². The van der Waals surface area contributed by atoms with Gasteiger partial charge in [-0.3, -0.25) is 0 Å². The highest BCUT2D eigenvalue weighted by molar-refractivity contribution is 7.90. The van der Waals surface area contributed by atoms with E-state index in [4.69, 9.17) is 0 Å². The van der Waals surface area contributed by atoms with E-state index in [0.29, 0.717) is 11.4 Å². The molecular weight excluding hydrogens is 274 g/mol. The van der Waals surface area contributed by atoms with Gasteiger partial charge in [0.05, 0.1) is 10.6 Å². The molecule has 0 saturated carbocycles. The largest absolute Gasteiger partial charge is 0.304 e. The number of benzene rings is 1. The molecule has 1 N–H and O–H groups in total. The van der Waals surface area contributed by atoms with Gasteiger partial charge in [0, 0.05) is 25.0 Å². The van der Waals surface area contributed by atoms with Gasteiger partial charge in [-0.2, -0.15) is 10.2 Å². The van der Waals surface area contributed by atoms with Crippen molar-refractivity contribution in [2.45, 2.75) is 24.4 Å². The van der Waals surface area contributed by atoms with Crippen LogP contribution in [0.1, 0.15) is 24.2 Å². The molecule has 0 aliphatic rings. The van der Waals surface area contributed by atoms with Crippen molar-refractivity contribution in [1.82, 2.24) is 15.5 Å². The van der Waals surface area contributed by atoms with Crippen LogP contribution in [0.2, 0.25) is 0 Å². The van der Waals surface area contributed by atoms with Gasteiger partial charge in [0.25, 0.3) is 0 Å². The Morgan fingerprint density at radius 3 is 2.45 bits per heavy atom. The fraction of sp³-hybridized carbons (Fsp3) is 0.286. The molecule has 0 bridgehead atoms. The third-order valence-corrected chi connectivity index (χ3v) is 4.15. The molecule has 5 nitrogen and oxygen atoms in total. The minimum atomic E-state index is -3.14. The van der Waals surface area contributed by atoms with Crippen LogP contribution in [0.15, 0.2) is 47.5 Å². The summed E-state index contributed by atoms with van der Waals surface area (Å²) in [5, 5.41) is 11.1. The highest BCUT2D eigenvalue weighted by atomic mass is 32.2. The zero-order chi connectivity index (χ0) is 14.6. The third-order valence-electron chi connectivity index (χ3n) is 3.03. The smallest absolute Gasteiger partial charge is 0.175 e. The lowest BCUT2D eigenvalue weighted by Gasteiger charge is -2.14. The first-order valence-electron chi connectivity index (χ1n) is 6.27. The number of hydrogen-bond acceptors (Lipinski definition) is 5. The number of nitrogens with one attached hydrogen (secondary N) is 1. The Kier molecular flexibility index (Phi) is 4.46. The van der Waals surface area contributed by atoms with Gasteiger partial charge < -0.3 is 5.32 Å². The first kappa shape index (κ1) is 14.6. The predicted molar refractivity (Wildman–Crippen MR) is 76.8 cm³/mol. The molecule has 2 rings (SSSR count). The highest BCUT2D eigenvalue weighted by Crippen LogP contribution is 2.16. The van der Waals surface area contributed by atoms with E-state index in [2.05, 4.69) is 15.5 Å². The summed E-state index contributed by atoms with van der Waals surface area (Å²) in [6, 6.07) is 10.8. The predicted octanol–water partition coefficient (Wildman–Crippen LogP) is 1.73. The van der Waals surface area contributed by atoms with Gasteiger partial charge in [-0.1, -0.05) is 12.1 Å². The normalized spacial score (nSPS) is 13.1. The van der Waals surface area contributed by atoms with Gasteiger partial charge in [-0.15, -0.1) is 0 Å². The maximum atomic E-state index is 11.4. The summed E-state index contributed by atoms with van der Waals surface area (Å²) in [5.74, 6) is 0. The summed E-state index contributed by atoms with van der Waals surface area (Å²) in [7, 11) is -3.14. The number of sulfone groups is 1. The van der Waals surface area contributed by atoms with Crippen LogP contribution in [-0.4, -0.2) is 24.9 Å². The quantitative estimate of drug-likeness (QED) is 0.908. The molecule has 1 aromatic carbocycles. The van der Waals surface area contributed by atoms with Crippen LogP contribution in [0, 0.1) is 0 Å². The highest BCUT2D eigenvalue weighted by Gasteiger charge is 2.09. The average molecular weight is 291 g/mol. The molecule has 0 aliphatic carbocycles. The Morgan fingerprint density at radius 1 is 1.20 bits per heavy atom. The summed E-state index contributed by atoms with van der Waals surface area (Å²) in [4.78, 5) is 0.336. The monoisotopic (exact) mass is 291 g/mol. The van der Waals surface area contributed by atoms with E-state index in [1.165, 1.54) is 6.26 Å². The van der Waals surface area contributed by atoms with Crippen LogP contribution in [0.25, 0.3) is 0 Å². The molecule has 20 heavy (non-hydrogen) atoms. The van der Waals surface area contributed by atoms with Gasteiger partial charge in [0.15, 0.2) is 9.84 Å². The van der Waals surface area contributed by atoms with Gasteiger partial charge in [0.2, 0.25) is 0 Å². The first-order chi connectivity index (χ1) is 9.47. The van der Waals surface area contributed by atoms with Crippen LogP contribution in [0.3, 0.4) is 0 Å². The molecule has 0 saturated heterocycles. The number of rotatable bonds is 5. The van der Waals surface area contributed by atoms with Gasteiger partial charge in [0.1, 0.15) is 0 Å². The van der Waals surface area contributed by atoms with Crippen molar-refractivity contribution in [3.63, 3.8) is 0 Å². The standard InChI is InChI=1S/C14H17N3O2S/c1-11(15-10-13-4-3-9-16-17-13)12-5-7-14(8-6-12)20(2,18)19/h3-9,11,15H,10H2,1-2H3. The molecule has 106 valence electrons. The molecule has 1 atom stereocenters. The van der Waals surface area contributed by atoms with E-state index in [9.17, 15) is 8.42 Å². The Hall–Kier alpha value is -1.79. The Labute approximate surface area is 119 Å². The second kappa shape index (κ2) is 6.11. The van der Waals surface area contributed by atoms with Crippen molar-refractivity contribution in [1.29, 1.82) is 0 Å². The van der Waals surface area contributed by atoms with Crippen LogP contribution in [0.4, 0.5) is 0 Å². The minimum absolute atomic E-state index is 0.102.